The van der Waals surface area contributed by atoms with Crippen LogP contribution in [0.1, 0.15) is 5.56 Å². The van der Waals surface area contributed by atoms with Gasteiger partial charge in [-0.3, -0.25) is 4.98 Å². The highest BCUT2D eigenvalue weighted by Gasteiger charge is 2.06. The van der Waals surface area contributed by atoms with Gasteiger partial charge >= 0.3 is 0 Å². The van der Waals surface area contributed by atoms with E-state index in [1.165, 1.54) is 6.07 Å². The van der Waals surface area contributed by atoms with Crippen LogP contribution in [0.2, 0.25) is 0 Å². The third-order valence-corrected chi connectivity index (χ3v) is 2.14. The van der Waals surface area contributed by atoms with Crippen molar-refractivity contribution in [3.8, 4) is 11.3 Å². The SMILES string of the molecule is Cc1cccnc1-c1ccccc1F. The van der Waals surface area contributed by atoms with Gasteiger partial charge in [0.05, 0.1) is 5.69 Å². The molecule has 1 heterocycles. The van der Waals surface area contributed by atoms with Crippen LogP contribution in [-0.2, 0) is 0 Å². The molecule has 0 bridgehead atoms. The number of aryl methyl sites for hydroxylation is 1. The zero-order valence-electron chi connectivity index (χ0n) is 7.87. The number of rotatable bonds is 1. The molecule has 0 saturated carbocycles. The summed E-state index contributed by atoms with van der Waals surface area (Å²) >= 11 is 0. The first kappa shape index (κ1) is 8.88. The van der Waals surface area contributed by atoms with Crippen molar-refractivity contribution in [2.24, 2.45) is 0 Å². The normalized spacial score (nSPS) is 10.1. The largest absolute Gasteiger partial charge is 0.256 e. The third kappa shape index (κ3) is 1.51. The Kier molecular flexibility index (Phi) is 2.27. The van der Waals surface area contributed by atoms with Gasteiger partial charge in [0.1, 0.15) is 5.82 Å². The van der Waals surface area contributed by atoms with Gasteiger partial charge in [-0.15, -0.1) is 0 Å². The lowest BCUT2D eigenvalue weighted by atomic mass is 10.1. The van der Waals surface area contributed by atoms with E-state index >= 15 is 0 Å². The molecule has 2 heteroatoms. The van der Waals surface area contributed by atoms with Gasteiger partial charge in [-0.05, 0) is 30.7 Å². The van der Waals surface area contributed by atoms with Crippen LogP contribution >= 0.6 is 0 Å². The second-order valence-electron chi connectivity index (χ2n) is 3.15. The predicted molar refractivity (Wildman–Crippen MR) is 54.4 cm³/mol. The molecular weight excluding hydrogens is 177 g/mol. The van der Waals surface area contributed by atoms with E-state index in [2.05, 4.69) is 4.98 Å². The van der Waals surface area contributed by atoms with Crippen LogP contribution in [-0.4, -0.2) is 4.98 Å². The van der Waals surface area contributed by atoms with Gasteiger partial charge in [0, 0.05) is 11.8 Å². The lowest BCUT2D eigenvalue weighted by molar-refractivity contribution is 0.630. The number of hydrogen-bond donors (Lipinski definition) is 0. The van der Waals surface area contributed by atoms with Crippen molar-refractivity contribution in [1.29, 1.82) is 0 Å². The Balaban J connectivity index is 2.61. The molecule has 0 fully saturated rings. The monoisotopic (exact) mass is 187 g/mol. The molecule has 2 rings (SSSR count). The number of hydrogen-bond acceptors (Lipinski definition) is 1. The van der Waals surface area contributed by atoms with E-state index in [9.17, 15) is 4.39 Å². The van der Waals surface area contributed by atoms with Crippen LogP contribution in [0.5, 0.6) is 0 Å². The second kappa shape index (κ2) is 3.58. The van der Waals surface area contributed by atoms with Crippen molar-refractivity contribution in [2.75, 3.05) is 0 Å². The molecule has 0 aliphatic heterocycles. The summed E-state index contributed by atoms with van der Waals surface area (Å²) in [6, 6.07) is 10.5. The second-order valence-corrected chi connectivity index (χ2v) is 3.15. The molecule has 0 aliphatic rings. The molecule has 1 aromatic carbocycles. The Morgan fingerprint density at radius 2 is 1.86 bits per heavy atom. The molecule has 0 amide bonds. The Hall–Kier alpha value is -1.70. The summed E-state index contributed by atoms with van der Waals surface area (Å²) < 4.78 is 13.4. The zero-order valence-corrected chi connectivity index (χ0v) is 7.87. The van der Waals surface area contributed by atoms with Crippen molar-refractivity contribution in [3.63, 3.8) is 0 Å². The molecule has 70 valence electrons. The molecule has 0 aliphatic carbocycles. The van der Waals surface area contributed by atoms with Crippen molar-refractivity contribution in [2.45, 2.75) is 6.92 Å². The highest BCUT2D eigenvalue weighted by atomic mass is 19.1. The van der Waals surface area contributed by atoms with Crippen molar-refractivity contribution >= 4 is 0 Å². The summed E-state index contributed by atoms with van der Waals surface area (Å²) in [4.78, 5) is 4.17. The number of halogens is 1. The topological polar surface area (TPSA) is 12.9 Å². The molecule has 1 aromatic heterocycles. The van der Waals surface area contributed by atoms with Crippen LogP contribution < -0.4 is 0 Å². The summed E-state index contributed by atoms with van der Waals surface area (Å²) in [5.41, 5.74) is 2.26. The predicted octanol–water partition coefficient (Wildman–Crippen LogP) is 3.20. The molecule has 0 N–H and O–H groups in total. The van der Waals surface area contributed by atoms with Gasteiger partial charge in [-0.1, -0.05) is 18.2 Å². The van der Waals surface area contributed by atoms with Crippen molar-refractivity contribution in [3.05, 3.63) is 54.0 Å². The van der Waals surface area contributed by atoms with E-state index in [1.54, 1.807) is 18.3 Å². The van der Waals surface area contributed by atoms with Gasteiger partial charge in [0.2, 0.25) is 0 Å². The molecule has 0 unspecified atom stereocenters. The fourth-order valence-corrected chi connectivity index (χ4v) is 1.42. The maximum absolute atomic E-state index is 13.4. The smallest absolute Gasteiger partial charge is 0.132 e. The minimum Gasteiger partial charge on any atom is -0.256 e. The third-order valence-electron chi connectivity index (χ3n) is 2.14. The average Bonchev–Trinajstić information content (AvgIpc) is 2.20. The zero-order chi connectivity index (χ0) is 9.97. The number of benzene rings is 1. The van der Waals surface area contributed by atoms with E-state index < -0.39 is 0 Å². The van der Waals surface area contributed by atoms with E-state index in [1.807, 2.05) is 25.1 Å². The molecule has 1 nitrogen and oxygen atoms in total. The Bertz CT molecular complexity index is 408. The number of pyridine rings is 1. The summed E-state index contributed by atoms with van der Waals surface area (Å²) in [6.07, 6.45) is 1.68. The summed E-state index contributed by atoms with van der Waals surface area (Å²) in [5, 5.41) is 0. The summed E-state index contributed by atoms with van der Waals surface area (Å²) in [5.74, 6) is -0.227. The van der Waals surface area contributed by atoms with Gasteiger partial charge in [0.15, 0.2) is 0 Å². The summed E-state index contributed by atoms with van der Waals surface area (Å²) in [7, 11) is 0. The van der Waals surface area contributed by atoms with Gasteiger partial charge in [-0.2, -0.15) is 0 Å². The Labute approximate surface area is 82.2 Å². The molecule has 0 spiro atoms. The van der Waals surface area contributed by atoms with Crippen LogP contribution in [0.15, 0.2) is 42.6 Å². The first-order valence-electron chi connectivity index (χ1n) is 4.45. The van der Waals surface area contributed by atoms with Crippen LogP contribution in [0.25, 0.3) is 11.3 Å². The van der Waals surface area contributed by atoms with Crippen LogP contribution in [0.3, 0.4) is 0 Å². The number of nitrogens with zero attached hydrogens (tertiary/aromatic N) is 1. The lowest BCUT2D eigenvalue weighted by Gasteiger charge is -2.04. The Morgan fingerprint density at radius 1 is 1.07 bits per heavy atom. The molecular formula is C12H10FN. The van der Waals surface area contributed by atoms with E-state index in [-0.39, 0.29) is 5.82 Å². The van der Waals surface area contributed by atoms with Crippen LogP contribution in [0, 0.1) is 12.7 Å². The quantitative estimate of drug-likeness (QED) is 0.668. The Morgan fingerprint density at radius 3 is 2.57 bits per heavy atom. The maximum Gasteiger partial charge on any atom is 0.132 e. The fraction of sp³-hybridized carbons (Fsp3) is 0.0833. The molecule has 0 saturated heterocycles. The minimum absolute atomic E-state index is 0.227. The maximum atomic E-state index is 13.4. The molecule has 2 aromatic rings. The highest BCUT2D eigenvalue weighted by molar-refractivity contribution is 5.63. The minimum atomic E-state index is -0.227. The fourth-order valence-electron chi connectivity index (χ4n) is 1.42. The standard InChI is InChI=1S/C12H10FN/c1-9-5-4-8-14-12(9)10-6-2-3-7-11(10)13/h2-8H,1H3. The first-order valence-corrected chi connectivity index (χ1v) is 4.45. The van der Waals surface area contributed by atoms with Crippen molar-refractivity contribution in [1.82, 2.24) is 4.98 Å². The van der Waals surface area contributed by atoms with Crippen LogP contribution in [0.4, 0.5) is 4.39 Å². The first-order chi connectivity index (χ1) is 6.79. The van der Waals surface area contributed by atoms with E-state index in [0.29, 0.717) is 11.3 Å². The van der Waals surface area contributed by atoms with Gasteiger partial charge < -0.3 is 0 Å². The lowest BCUT2D eigenvalue weighted by Crippen LogP contribution is -1.89. The van der Waals surface area contributed by atoms with E-state index in [0.717, 1.165) is 5.56 Å². The van der Waals surface area contributed by atoms with Gasteiger partial charge in [0.25, 0.3) is 0 Å². The highest BCUT2D eigenvalue weighted by Crippen LogP contribution is 2.22. The molecule has 0 atom stereocenters. The van der Waals surface area contributed by atoms with E-state index in [4.69, 9.17) is 0 Å². The number of aromatic nitrogens is 1. The van der Waals surface area contributed by atoms with Crippen molar-refractivity contribution < 1.29 is 4.39 Å². The van der Waals surface area contributed by atoms with Gasteiger partial charge in [-0.25, -0.2) is 4.39 Å². The molecule has 0 radical (unpaired) electrons. The summed E-state index contributed by atoms with van der Waals surface area (Å²) in [6.45, 7) is 1.93. The molecule has 14 heavy (non-hydrogen) atoms. The average molecular weight is 187 g/mol.